The van der Waals surface area contributed by atoms with Crippen LogP contribution >= 0.6 is 45.3 Å². The van der Waals surface area contributed by atoms with E-state index in [9.17, 15) is 0 Å². The van der Waals surface area contributed by atoms with Gasteiger partial charge in [-0.25, -0.2) is 0 Å². The molecule has 0 saturated carbocycles. The van der Waals surface area contributed by atoms with E-state index in [2.05, 4.69) is 48.9 Å². The van der Waals surface area contributed by atoms with Crippen molar-refractivity contribution in [3.8, 4) is 19.5 Å². The molecule has 4 heterocycles. The molecule has 0 saturated heterocycles. The van der Waals surface area contributed by atoms with Crippen molar-refractivity contribution in [1.82, 2.24) is 0 Å². The molecule has 0 atom stereocenters. The second-order valence-electron chi connectivity index (χ2n) is 10.9. The largest absolute Gasteiger partial charge is 0.143 e. The van der Waals surface area contributed by atoms with Gasteiger partial charge in [-0.1, -0.05) is 104 Å². The van der Waals surface area contributed by atoms with Crippen LogP contribution in [0.4, 0.5) is 0 Å². The second-order valence-corrected chi connectivity index (χ2v) is 14.9. The molecule has 4 rings (SSSR count). The summed E-state index contributed by atoms with van der Waals surface area (Å²) in [6.07, 6.45) is 24.8. The van der Waals surface area contributed by atoms with Crippen LogP contribution in [0.15, 0.2) is 35.0 Å². The van der Waals surface area contributed by atoms with E-state index in [0.717, 1.165) is 0 Å². The summed E-state index contributed by atoms with van der Waals surface area (Å²) in [7, 11) is 0. The first kappa shape index (κ1) is 30.0. The molecule has 0 aromatic carbocycles. The van der Waals surface area contributed by atoms with Gasteiger partial charge < -0.3 is 0 Å². The molecule has 4 heteroatoms. The highest BCUT2D eigenvalue weighted by molar-refractivity contribution is 7.33. The number of rotatable bonds is 20. The molecule has 208 valence electrons. The van der Waals surface area contributed by atoms with Crippen molar-refractivity contribution in [1.29, 1.82) is 0 Å². The van der Waals surface area contributed by atoms with E-state index in [-0.39, 0.29) is 0 Å². The Hall–Kier alpha value is -0.940. The van der Waals surface area contributed by atoms with E-state index in [1.165, 1.54) is 144 Å². The normalized spacial score (nSPS) is 11.7. The van der Waals surface area contributed by atoms with Crippen LogP contribution in [-0.4, -0.2) is 0 Å². The van der Waals surface area contributed by atoms with Crippen molar-refractivity contribution in [2.75, 3.05) is 0 Å². The lowest BCUT2D eigenvalue weighted by Crippen LogP contribution is -1.86. The summed E-state index contributed by atoms with van der Waals surface area (Å²) in [6.45, 7) is 4.60. The van der Waals surface area contributed by atoms with E-state index in [4.69, 9.17) is 0 Å². The number of thiophene rings is 4. The summed E-state index contributed by atoms with van der Waals surface area (Å²) in [5.74, 6) is 0. The van der Waals surface area contributed by atoms with Crippen LogP contribution in [0.1, 0.15) is 128 Å². The second kappa shape index (κ2) is 17.0. The van der Waals surface area contributed by atoms with Gasteiger partial charge in [0.05, 0.1) is 0 Å². The van der Waals surface area contributed by atoms with Crippen molar-refractivity contribution in [3.05, 3.63) is 46.2 Å². The lowest BCUT2D eigenvalue weighted by molar-refractivity contribution is 0.576. The summed E-state index contributed by atoms with van der Waals surface area (Å²) in [4.78, 5) is 6.00. The monoisotopic (exact) mass is 584 g/mol. The number of unbranched alkanes of at least 4 members (excludes halogenated alkanes) is 14. The van der Waals surface area contributed by atoms with Gasteiger partial charge in [0.15, 0.2) is 0 Å². The van der Waals surface area contributed by atoms with Crippen LogP contribution in [0.2, 0.25) is 0 Å². The van der Waals surface area contributed by atoms with Gasteiger partial charge in [0.2, 0.25) is 0 Å². The summed E-state index contributed by atoms with van der Waals surface area (Å²) in [5.41, 5.74) is 3.14. The minimum Gasteiger partial charge on any atom is -0.143 e. The molecule has 0 fully saturated rings. The Kier molecular flexibility index (Phi) is 13.4. The Bertz CT molecular complexity index is 1050. The molecule has 0 unspecified atom stereocenters. The molecule has 0 aliphatic heterocycles. The van der Waals surface area contributed by atoms with Gasteiger partial charge in [-0.05, 0) is 71.8 Å². The van der Waals surface area contributed by atoms with Gasteiger partial charge in [-0.3, -0.25) is 0 Å². The average molecular weight is 585 g/mol. The highest BCUT2D eigenvalue weighted by Crippen LogP contribution is 2.45. The summed E-state index contributed by atoms with van der Waals surface area (Å²) >= 11 is 7.89. The summed E-state index contributed by atoms with van der Waals surface area (Å²) in [5, 5.41) is 4.61. The third-order valence-electron chi connectivity index (χ3n) is 7.75. The van der Waals surface area contributed by atoms with Gasteiger partial charge in [-0.2, -0.15) is 0 Å². The zero-order valence-corrected chi connectivity index (χ0v) is 27.1. The van der Waals surface area contributed by atoms with Crippen molar-refractivity contribution < 1.29 is 0 Å². The predicted octanol–water partition coefficient (Wildman–Crippen LogP) is 13.8. The van der Waals surface area contributed by atoms with Gasteiger partial charge in [0.25, 0.3) is 0 Å². The summed E-state index contributed by atoms with van der Waals surface area (Å²) in [6, 6.07) is 9.71. The van der Waals surface area contributed by atoms with Gasteiger partial charge >= 0.3 is 0 Å². The highest BCUT2D eigenvalue weighted by atomic mass is 32.1. The third kappa shape index (κ3) is 9.04. The third-order valence-corrected chi connectivity index (χ3v) is 12.3. The van der Waals surface area contributed by atoms with Gasteiger partial charge in [-0.15, -0.1) is 45.3 Å². The quantitative estimate of drug-likeness (QED) is 0.0906. The molecule has 4 aromatic rings. The Labute approximate surface area is 248 Å². The van der Waals surface area contributed by atoms with E-state index in [0.29, 0.717) is 0 Å². The minimum atomic E-state index is 1.24. The number of hydrogen-bond donors (Lipinski definition) is 0. The minimum absolute atomic E-state index is 1.24. The molecule has 38 heavy (non-hydrogen) atoms. The first-order chi connectivity index (χ1) is 18.8. The number of fused-ring (bicyclic) bond motifs is 1. The number of aryl methyl sites for hydroxylation is 2. The molecule has 0 aliphatic rings. The Morgan fingerprint density at radius 2 is 0.842 bits per heavy atom. The van der Waals surface area contributed by atoms with Crippen molar-refractivity contribution in [2.24, 2.45) is 0 Å². The first-order valence-corrected chi connectivity index (χ1v) is 18.9. The molecule has 4 aromatic heterocycles. The van der Waals surface area contributed by atoms with Crippen LogP contribution in [0.25, 0.3) is 28.9 Å². The van der Waals surface area contributed by atoms with Crippen molar-refractivity contribution >= 4 is 54.7 Å². The van der Waals surface area contributed by atoms with Gasteiger partial charge in [0.1, 0.15) is 0 Å². The maximum absolute atomic E-state index is 2.48. The lowest BCUT2D eigenvalue weighted by Gasteiger charge is -2.04. The predicted molar refractivity (Wildman–Crippen MR) is 179 cm³/mol. The smallest absolute Gasteiger partial charge is 0.0475 e. The van der Waals surface area contributed by atoms with Crippen LogP contribution in [0.5, 0.6) is 0 Å². The topological polar surface area (TPSA) is 0 Å². The fourth-order valence-electron chi connectivity index (χ4n) is 5.46. The fourth-order valence-corrected chi connectivity index (χ4v) is 10.1. The Morgan fingerprint density at radius 3 is 1.24 bits per heavy atom. The molecule has 0 nitrogen and oxygen atoms in total. The molecule has 0 radical (unpaired) electrons. The molecule has 0 bridgehead atoms. The van der Waals surface area contributed by atoms with Gasteiger partial charge in [0, 0.05) is 28.9 Å². The summed E-state index contributed by atoms with van der Waals surface area (Å²) < 4.78 is 2.94. The maximum atomic E-state index is 2.48. The van der Waals surface area contributed by atoms with Crippen molar-refractivity contribution in [2.45, 2.75) is 129 Å². The van der Waals surface area contributed by atoms with E-state index in [1.54, 1.807) is 11.1 Å². The zero-order valence-electron chi connectivity index (χ0n) is 23.8. The zero-order chi connectivity index (χ0) is 26.4. The molecular weight excluding hydrogens is 537 g/mol. The van der Waals surface area contributed by atoms with E-state index >= 15 is 0 Å². The van der Waals surface area contributed by atoms with Crippen LogP contribution in [0, 0.1) is 0 Å². The van der Waals surface area contributed by atoms with E-state index in [1.807, 2.05) is 45.3 Å². The fraction of sp³-hybridized carbons (Fsp3) is 0.588. The lowest BCUT2D eigenvalue weighted by atomic mass is 10.0. The SMILES string of the molecule is CCCCCCCCCCc1ccsc1-c1cc2sc(-c3sccc3CCCCCCCCCC)cc2s1. The molecule has 0 aliphatic carbocycles. The molecule has 0 amide bonds. The molecule has 0 N–H and O–H groups in total. The van der Waals surface area contributed by atoms with Crippen LogP contribution in [0.3, 0.4) is 0 Å². The molecular formula is C34H48S4. The Balaban J connectivity index is 1.27. The average Bonchev–Trinajstić information content (AvgIpc) is 3.70. The van der Waals surface area contributed by atoms with Crippen molar-refractivity contribution in [3.63, 3.8) is 0 Å². The highest BCUT2D eigenvalue weighted by Gasteiger charge is 2.15. The maximum Gasteiger partial charge on any atom is 0.0475 e. The first-order valence-electron chi connectivity index (χ1n) is 15.5. The van der Waals surface area contributed by atoms with Crippen LogP contribution < -0.4 is 0 Å². The molecule has 0 spiro atoms. The van der Waals surface area contributed by atoms with Crippen LogP contribution in [-0.2, 0) is 12.8 Å². The number of hydrogen-bond acceptors (Lipinski definition) is 4. The van der Waals surface area contributed by atoms with E-state index < -0.39 is 0 Å². The standard InChI is InChI=1S/C34H48S4/c1-3-5-7-9-11-13-15-17-19-27-21-23-35-33(27)31-25-29-30(37-31)26-32(38-29)34-28(22-24-36-34)20-18-16-14-12-10-8-6-4-2/h21-26H,3-20H2,1-2H3. The Morgan fingerprint density at radius 1 is 0.474 bits per heavy atom.